The Morgan fingerprint density at radius 2 is 1.65 bits per heavy atom. The second kappa shape index (κ2) is 18.0. The molecule has 2 unspecified atom stereocenters. The maximum Gasteiger partial charge on any atom is 0.341 e. The van der Waals surface area contributed by atoms with E-state index in [0.717, 1.165) is 29.7 Å². The summed E-state index contributed by atoms with van der Waals surface area (Å²) < 4.78 is 5.43. The molecular formula is C42H37Cl2N3O5S2. The predicted molar refractivity (Wildman–Crippen MR) is 219 cm³/mol. The highest BCUT2D eigenvalue weighted by molar-refractivity contribution is 8.00. The molecule has 1 heterocycles. The van der Waals surface area contributed by atoms with Gasteiger partial charge in [-0.15, -0.1) is 23.1 Å². The summed E-state index contributed by atoms with van der Waals surface area (Å²) in [5.74, 6) is -1.44. The third-order valence-electron chi connectivity index (χ3n) is 8.84. The molecule has 4 aromatic carbocycles. The van der Waals surface area contributed by atoms with Crippen molar-refractivity contribution in [1.29, 1.82) is 0 Å². The van der Waals surface area contributed by atoms with Crippen LogP contribution in [0.25, 0.3) is 6.08 Å². The van der Waals surface area contributed by atoms with E-state index in [4.69, 9.17) is 27.9 Å². The van der Waals surface area contributed by atoms with Crippen LogP contribution in [-0.2, 0) is 27.2 Å². The fraction of sp³-hybridized carbons (Fsp3) is 0.190. The molecule has 0 fully saturated rings. The third-order valence-corrected chi connectivity index (χ3v) is 11.9. The summed E-state index contributed by atoms with van der Waals surface area (Å²) in [7, 11) is 0. The van der Waals surface area contributed by atoms with Crippen molar-refractivity contribution >= 4 is 86.8 Å². The quantitative estimate of drug-likeness (QED) is 0.0658. The average Bonchev–Trinajstić information content (AvgIpc) is 3.54. The zero-order valence-corrected chi connectivity index (χ0v) is 32.6. The van der Waals surface area contributed by atoms with E-state index in [1.807, 2.05) is 24.3 Å². The van der Waals surface area contributed by atoms with Gasteiger partial charge in [0.15, 0.2) is 0 Å². The Kier molecular flexibility index (Phi) is 12.9. The van der Waals surface area contributed by atoms with Crippen LogP contribution in [0.1, 0.15) is 68.5 Å². The number of amides is 3. The zero-order chi connectivity index (χ0) is 38.2. The lowest BCUT2D eigenvalue weighted by atomic mass is 9.83. The van der Waals surface area contributed by atoms with E-state index >= 15 is 0 Å². The van der Waals surface area contributed by atoms with Crippen LogP contribution in [0, 0.1) is 0 Å². The number of thioether (sulfide) groups is 1. The van der Waals surface area contributed by atoms with Crippen LogP contribution < -0.4 is 16.0 Å². The van der Waals surface area contributed by atoms with Crippen LogP contribution in [0.4, 0.5) is 10.7 Å². The van der Waals surface area contributed by atoms with E-state index in [1.165, 1.54) is 34.7 Å². The molecule has 3 N–H and O–H groups in total. The van der Waals surface area contributed by atoms with Gasteiger partial charge in [-0.05, 0) is 98.2 Å². The molecule has 54 heavy (non-hydrogen) atoms. The first kappa shape index (κ1) is 38.8. The molecule has 1 aliphatic carbocycles. The highest BCUT2D eigenvalue weighted by Crippen LogP contribution is 2.43. The fourth-order valence-electron chi connectivity index (χ4n) is 6.15. The number of hydrogen-bond acceptors (Lipinski definition) is 7. The highest BCUT2D eigenvalue weighted by Gasteiger charge is 2.31. The van der Waals surface area contributed by atoms with E-state index in [-0.39, 0.29) is 23.2 Å². The number of fused-ring (bicyclic) bond motifs is 1. The van der Waals surface area contributed by atoms with Gasteiger partial charge in [-0.25, -0.2) is 4.79 Å². The number of nitrogens with one attached hydrogen (secondary N) is 3. The van der Waals surface area contributed by atoms with Gasteiger partial charge in [0.1, 0.15) is 10.7 Å². The van der Waals surface area contributed by atoms with E-state index < -0.39 is 23.0 Å². The van der Waals surface area contributed by atoms with Crippen molar-refractivity contribution in [3.8, 4) is 0 Å². The van der Waals surface area contributed by atoms with Gasteiger partial charge in [-0.3, -0.25) is 14.4 Å². The predicted octanol–water partition coefficient (Wildman–Crippen LogP) is 10.0. The minimum absolute atomic E-state index is 0.0510. The first-order valence-corrected chi connectivity index (χ1v) is 19.8. The second-order valence-electron chi connectivity index (χ2n) is 12.5. The molecular weight excluding hydrogens is 762 g/mol. The first-order chi connectivity index (χ1) is 26.1. The van der Waals surface area contributed by atoms with Crippen molar-refractivity contribution in [2.45, 2.75) is 49.2 Å². The van der Waals surface area contributed by atoms with Gasteiger partial charge < -0.3 is 20.7 Å². The van der Waals surface area contributed by atoms with E-state index in [1.54, 1.807) is 80.6 Å². The molecule has 8 nitrogen and oxygen atoms in total. The normalized spacial score (nSPS) is 14.4. The summed E-state index contributed by atoms with van der Waals surface area (Å²) in [6, 6.07) is 30.9. The van der Waals surface area contributed by atoms with E-state index in [2.05, 4.69) is 28.1 Å². The van der Waals surface area contributed by atoms with Gasteiger partial charge in [0.25, 0.3) is 11.8 Å². The van der Waals surface area contributed by atoms with Crippen LogP contribution in [0.3, 0.4) is 0 Å². The molecule has 5 aromatic rings. The summed E-state index contributed by atoms with van der Waals surface area (Å²) >= 11 is 15.4. The van der Waals surface area contributed by atoms with Crippen molar-refractivity contribution in [3.63, 3.8) is 0 Å². The monoisotopic (exact) mass is 797 g/mol. The molecule has 0 saturated carbocycles. The fourth-order valence-corrected chi connectivity index (χ4v) is 8.76. The Bertz CT molecular complexity index is 2210. The lowest BCUT2D eigenvalue weighted by Crippen LogP contribution is -2.30. The minimum Gasteiger partial charge on any atom is -0.462 e. The van der Waals surface area contributed by atoms with Gasteiger partial charge in [0.05, 0.1) is 27.5 Å². The highest BCUT2D eigenvalue weighted by atomic mass is 35.5. The maximum absolute atomic E-state index is 13.7. The molecule has 1 aromatic heterocycles. The van der Waals surface area contributed by atoms with Crippen LogP contribution in [0.15, 0.2) is 114 Å². The third kappa shape index (κ3) is 9.43. The number of esters is 1. The molecule has 0 saturated heterocycles. The van der Waals surface area contributed by atoms with Crippen LogP contribution in [-0.4, -0.2) is 35.5 Å². The lowest BCUT2D eigenvalue weighted by molar-refractivity contribution is -0.115. The number of halogens is 2. The lowest BCUT2D eigenvalue weighted by Gasteiger charge is -2.23. The number of benzene rings is 4. The molecule has 12 heteroatoms. The summed E-state index contributed by atoms with van der Waals surface area (Å²) in [5, 5.41) is 9.05. The van der Waals surface area contributed by atoms with Crippen molar-refractivity contribution in [2.24, 2.45) is 0 Å². The SMILES string of the molecule is CCOC(=O)c1c(NC(=O)C(C)Sc2cccc(NC(=O)/C(=C\c3cccc(Cl)c3Cl)NC(=O)c3ccccc3)c2)sc2c1CCC(c1ccccc1)C2. The number of hydrogen-bond donors (Lipinski definition) is 3. The number of rotatable bonds is 12. The van der Waals surface area contributed by atoms with Crippen molar-refractivity contribution in [3.05, 3.63) is 152 Å². The molecule has 0 aliphatic heterocycles. The van der Waals surface area contributed by atoms with Crippen LogP contribution in [0.2, 0.25) is 10.0 Å². The standard InChI is InChI=1S/C42H37Cl2N3O5S2/c1-3-52-42(51)36-32-21-20-28(26-12-6-4-7-13-26)23-35(32)54-41(36)47-38(48)25(2)53-31-18-11-17-30(24-31)45-40(50)34(22-29-16-10-19-33(43)37(29)44)46-39(49)27-14-8-5-9-15-27/h4-19,22,24-25,28H,3,20-21,23H2,1-2H3,(H,45,50)(H,46,49)(H,47,48)/b34-22+. The molecule has 0 radical (unpaired) electrons. The molecule has 276 valence electrons. The number of carbonyl (C=O) groups is 4. The number of thiophene rings is 1. The first-order valence-electron chi connectivity index (χ1n) is 17.4. The molecule has 3 amide bonds. The Morgan fingerprint density at radius 3 is 2.39 bits per heavy atom. The van der Waals surface area contributed by atoms with E-state index in [9.17, 15) is 19.2 Å². The van der Waals surface area contributed by atoms with Gasteiger partial charge in [0.2, 0.25) is 5.91 Å². The Hall–Kier alpha value is -4.87. The summed E-state index contributed by atoms with van der Waals surface area (Å²) in [4.78, 5) is 55.4. The smallest absolute Gasteiger partial charge is 0.341 e. The van der Waals surface area contributed by atoms with E-state index in [0.29, 0.717) is 43.2 Å². The minimum atomic E-state index is -0.592. The molecule has 2 atom stereocenters. The summed E-state index contributed by atoms with van der Waals surface area (Å²) in [6.07, 6.45) is 3.87. The van der Waals surface area contributed by atoms with Crippen molar-refractivity contribution < 1.29 is 23.9 Å². The number of anilines is 2. The largest absolute Gasteiger partial charge is 0.462 e. The van der Waals surface area contributed by atoms with Gasteiger partial charge in [-0.2, -0.15) is 0 Å². The van der Waals surface area contributed by atoms with Crippen molar-refractivity contribution in [2.75, 3.05) is 17.2 Å². The number of carbonyl (C=O) groups excluding carboxylic acids is 4. The molecule has 1 aliphatic rings. The Morgan fingerprint density at radius 1 is 0.926 bits per heavy atom. The maximum atomic E-state index is 13.7. The van der Waals surface area contributed by atoms with Gasteiger partial charge >= 0.3 is 5.97 Å². The summed E-state index contributed by atoms with van der Waals surface area (Å²) in [5.41, 5.74) is 3.87. The Balaban J connectivity index is 1.17. The molecule has 0 bridgehead atoms. The van der Waals surface area contributed by atoms with Gasteiger partial charge in [0, 0.05) is 21.0 Å². The zero-order valence-electron chi connectivity index (χ0n) is 29.5. The number of ether oxygens (including phenoxy) is 1. The topological polar surface area (TPSA) is 114 Å². The average molecular weight is 799 g/mol. The van der Waals surface area contributed by atoms with Crippen molar-refractivity contribution in [1.82, 2.24) is 5.32 Å². The second-order valence-corrected chi connectivity index (χ2v) is 15.8. The summed E-state index contributed by atoms with van der Waals surface area (Å²) in [6.45, 7) is 3.78. The Labute approximate surface area is 332 Å². The molecule has 0 spiro atoms. The molecule has 6 rings (SSSR count). The van der Waals surface area contributed by atoms with Crippen LogP contribution in [0.5, 0.6) is 0 Å². The van der Waals surface area contributed by atoms with Gasteiger partial charge in [-0.1, -0.05) is 89.9 Å². The van der Waals surface area contributed by atoms with Crippen LogP contribution >= 0.6 is 46.3 Å².